The van der Waals surface area contributed by atoms with Crippen molar-refractivity contribution in [2.24, 2.45) is 0 Å². The highest BCUT2D eigenvalue weighted by Gasteiger charge is 2.17. The lowest BCUT2D eigenvalue weighted by Gasteiger charge is -2.21. The lowest BCUT2D eigenvalue weighted by molar-refractivity contribution is 0.0273. The molecular formula is C17H25ClN2O4S. The Kier molecular flexibility index (Phi) is 7.68. The second-order valence-corrected chi connectivity index (χ2v) is 8.38. The third-order valence-corrected chi connectivity index (χ3v) is 6.02. The maximum absolute atomic E-state index is 12.2. The van der Waals surface area contributed by atoms with Crippen molar-refractivity contribution < 1.29 is 17.9 Å². The molecule has 0 saturated heterocycles. The van der Waals surface area contributed by atoms with Crippen LogP contribution in [-0.4, -0.2) is 40.6 Å². The molecule has 1 saturated carbocycles. The first-order valence-corrected chi connectivity index (χ1v) is 10.4. The maximum atomic E-state index is 12.2. The van der Waals surface area contributed by atoms with Gasteiger partial charge < -0.3 is 10.1 Å². The molecule has 0 aromatic heterocycles. The maximum Gasteiger partial charge on any atom is 0.252 e. The zero-order valence-corrected chi connectivity index (χ0v) is 16.0. The van der Waals surface area contributed by atoms with Gasteiger partial charge in [0.25, 0.3) is 5.91 Å². The zero-order valence-electron chi connectivity index (χ0n) is 14.4. The first kappa shape index (κ1) is 20.2. The summed E-state index contributed by atoms with van der Waals surface area (Å²) in [4.78, 5) is 12.3. The van der Waals surface area contributed by atoms with Gasteiger partial charge in [0.05, 0.1) is 21.6 Å². The van der Waals surface area contributed by atoms with E-state index in [9.17, 15) is 13.2 Å². The van der Waals surface area contributed by atoms with Crippen LogP contribution in [0.1, 0.15) is 48.9 Å². The number of amides is 1. The SMILES string of the molecule is CNS(=O)(=O)c1ccc(Cl)c(C(=O)NCCCOC2CCCCC2)c1. The molecule has 0 unspecified atom stereocenters. The van der Waals surface area contributed by atoms with Crippen molar-refractivity contribution in [3.8, 4) is 0 Å². The van der Waals surface area contributed by atoms with Gasteiger partial charge in [-0.15, -0.1) is 0 Å². The molecule has 0 aliphatic heterocycles. The van der Waals surface area contributed by atoms with Crippen molar-refractivity contribution in [1.29, 1.82) is 0 Å². The summed E-state index contributed by atoms with van der Waals surface area (Å²) in [5, 5.41) is 2.97. The van der Waals surface area contributed by atoms with E-state index in [0.29, 0.717) is 25.7 Å². The number of carbonyl (C=O) groups is 1. The highest BCUT2D eigenvalue weighted by Crippen LogP contribution is 2.21. The Hall–Kier alpha value is -1.15. The topological polar surface area (TPSA) is 84.5 Å². The molecule has 1 aromatic carbocycles. The number of carbonyl (C=O) groups excluding carboxylic acids is 1. The summed E-state index contributed by atoms with van der Waals surface area (Å²) >= 11 is 6.03. The molecule has 25 heavy (non-hydrogen) atoms. The lowest BCUT2D eigenvalue weighted by Crippen LogP contribution is -2.27. The van der Waals surface area contributed by atoms with E-state index < -0.39 is 15.9 Å². The minimum absolute atomic E-state index is 0.00480. The molecule has 0 bridgehead atoms. The van der Waals surface area contributed by atoms with Crippen molar-refractivity contribution >= 4 is 27.5 Å². The zero-order chi connectivity index (χ0) is 18.3. The Bertz CT molecular complexity index is 688. The van der Waals surface area contributed by atoms with Gasteiger partial charge in [0.15, 0.2) is 0 Å². The summed E-state index contributed by atoms with van der Waals surface area (Å²) in [5.41, 5.74) is 0.145. The van der Waals surface area contributed by atoms with Crippen LogP contribution in [-0.2, 0) is 14.8 Å². The molecular weight excluding hydrogens is 364 g/mol. The smallest absolute Gasteiger partial charge is 0.252 e. The molecule has 1 aliphatic rings. The first-order chi connectivity index (χ1) is 11.9. The summed E-state index contributed by atoms with van der Waals surface area (Å²) in [6.45, 7) is 1.05. The quantitative estimate of drug-likeness (QED) is 0.670. The highest BCUT2D eigenvalue weighted by molar-refractivity contribution is 7.89. The Morgan fingerprint density at radius 2 is 2.00 bits per heavy atom. The van der Waals surface area contributed by atoms with E-state index in [2.05, 4.69) is 10.0 Å². The van der Waals surface area contributed by atoms with E-state index in [-0.39, 0.29) is 15.5 Å². The van der Waals surface area contributed by atoms with Gasteiger partial charge in [-0.25, -0.2) is 13.1 Å². The average Bonchev–Trinajstić information content (AvgIpc) is 2.62. The molecule has 1 aromatic rings. The molecule has 2 N–H and O–H groups in total. The molecule has 8 heteroatoms. The molecule has 1 aliphatic carbocycles. The van der Waals surface area contributed by atoms with Crippen molar-refractivity contribution in [2.75, 3.05) is 20.2 Å². The summed E-state index contributed by atoms with van der Waals surface area (Å²) in [7, 11) is -2.31. The summed E-state index contributed by atoms with van der Waals surface area (Å²) in [6, 6.07) is 4.05. The molecule has 0 spiro atoms. The van der Waals surface area contributed by atoms with Crippen molar-refractivity contribution in [2.45, 2.75) is 49.5 Å². The van der Waals surface area contributed by atoms with Crippen molar-refractivity contribution in [3.05, 3.63) is 28.8 Å². The van der Waals surface area contributed by atoms with Crippen molar-refractivity contribution in [1.82, 2.24) is 10.0 Å². The number of hydrogen-bond donors (Lipinski definition) is 2. The van der Waals surface area contributed by atoms with Gasteiger partial charge in [0.2, 0.25) is 10.0 Å². The van der Waals surface area contributed by atoms with Crippen LogP contribution in [0.5, 0.6) is 0 Å². The minimum atomic E-state index is -3.62. The Labute approximate surface area is 154 Å². The van der Waals surface area contributed by atoms with Gasteiger partial charge in [0.1, 0.15) is 0 Å². The number of nitrogens with one attached hydrogen (secondary N) is 2. The summed E-state index contributed by atoms with van der Waals surface area (Å²) in [5.74, 6) is -0.393. The van der Waals surface area contributed by atoms with E-state index in [1.54, 1.807) is 0 Å². The lowest BCUT2D eigenvalue weighted by atomic mass is 9.98. The molecule has 2 rings (SSSR count). The van der Waals surface area contributed by atoms with Crippen LogP contribution in [0.15, 0.2) is 23.1 Å². The number of rotatable bonds is 8. The van der Waals surface area contributed by atoms with Crippen molar-refractivity contribution in [3.63, 3.8) is 0 Å². The largest absolute Gasteiger partial charge is 0.378 e. The third kappa shape index (κ3) is 5.95. The van der Waals surface area contributed by atoms with Crippen LogP contribution in [0.2, 0.25) is 5.02 Å². The highest BCUT2D eigenvalue weighted by atomic mass is 35.5. The first-order valence-electron chi connectivity index (χ1n) is 8.57. The second-order valence-electron chi connectivity index (χ2n) is 6.09. The van der Waals surface area contributed by atoms with E-state index >= 15 is 0 Å². The van der Waals surface area contributed by atoms with E-state index in [1.165, 1.54) is 44.5 Å². The Morgan fingerprint density at radius 1 is 1.28 bits per heavy atom. The normalized spacial score (nSPS) is 15.9. The molecule has 6 nitrogen and oxygen atoms in total. The fraction of sp³-hybridized carbons (Fsp3) is 0.588. The van der Waals surface area contributed by atoms with Crippen LogP contribution in [0.25, 0.3) is 0 Å². The molecule has 1 amide bonds. The van der Waals surface area contributed by atoms with Crippen LogP contribution >= 0.6 is 11.6 Å². The number of benzene rings is 1. The number of ether oxygens (including phenoxy) is 1. The Balaban J connectivity index is 1.83. The fourth-order valence-electron chi connectivity index (χ4n) is 2.81. The predicted octanol–water partition coefficient (Wildman–Crippen LogP) is 2.72. The third-order valence-electron chi connectivity index (χ3n) is 4.27. The van der Waals surface area contributed by atoms with E-state index in [4.69, 9.17) is 16.3 Å². The molecule has 140 valence electrons. The number of halogens is 1. The van der Waals surface area contributed by atoms with Gasteiger partial charge in [-0.1, -0.05) is 30.9 Å². The predicted molar refractivity (Wildman–Crippen MR) is 97.5 cm³/mol. The fourth-order valence-corrected chi connectivity index (χ4v) is 3.77. The van der Waals surface area contributed by atoms with Gasteiger partial charge in [-0.2, -0.15) is 0 Å². The van der Waals surface area contributed by atoms with Crippen LogP contribution < -0.4 is 10.0 Å². The van der Waals surface area contributed by atoms with Gasteiger partial charge in [-0.3, -0.25) is 4.79 Å². The Morgan fingerprint density at radius 3 is 2.68 bits per heavy atom. The van der Waals surface area contributed by atoms with Gasteiger partial charge in [0, 0.05) is 13.2 Å². The van der Waals surface area contributed by atoms with Crippen LogP contribution in [0.3, 0.4) is 0 Å². The summed E-state index contributed by atoms with van der Waals surface area (Å²) in [6.07, 6.45) is 7.04. The molecule has 0 atom stereocenters. The standard InChI is InChI=1S/C17H25ClN2O4S/c1-19-25(22,23)14-8-9-16(18)15(12-14)17(21)20-10-5-11-24-13-6-3-2-4-7-13/h8-9,12-13,19H,2-7,10-11H2,1H3,(H,20,21). The van der Waals surface area contributed by atoms with Gasteiger partial charge >= 0.3 is 0 Å². The number of sulfonamides is 1. The monoisotopic (exact) mass is 388 g/mol. The summed E-state index contributed by atoms with van der Waals surface area (Å²) < 4.78 is 31.7. The minimum Gasteiger partial charge on any atom is -0.378 e. The van der Waals surface area contributed by atoms with E-state index in [0.717, 1.165) is 12.8 Å². The van der Waals surface area contributed by atoms with Gasteiger partial charge in [-0.05, 0) is 44.5 Å². The second kappa shape index (κ2) is 9.52. The number of hydrogen-bond acceptors (Lipinski definition) is 4. The van der Waals surface area contributed by atoms with Crippen LogP contribution in [0.4, 0.5) is 0 Å². The average molecular weight is 389 g/mol. The van der Waals surface area contributed by atoms with Crippen LogP contribution in [0, 0.1) is 0 Å². The molecule has 0 radical (unpaired) electrons. The molecule has 1 fully saturated rings. The van der Waals surface area contributed by atoms with E-state index in [1.807, 2.05) is 0 Å². The molecule has 0 heterocycles.